The average Bonchev–Trinajstić information content (AvgIpc) is 2.87. The fourth-order valence-corrected chi connectivity index (χ4v) is 4.08. The van der Waals surface area contributed by atoms with Crippen molar-refractivity contribution < 1.29 is 4.74 Å². The summed E-state index contributed by atoms with van der Waals surface area (Å²) in [5.74, 6) is 0.703. The minimum Gasteiger partial charge on any atom is -0.366 e. The lowest BCUT2D eigenvalue weighted by molar-refractivity contribution is 0.182. The van der Waals surface area contributed by atoms with Gasteiger partial charge in [-0.3, -0.25) is 0 Å². The molecule has 3 atom stereocenters. The minimum absolute atomic E-state index is 0.232. The van der Waals surface area contributed by atoms with E-state index >= 15 is 0 Å². The molecule has 3 rings (SSSR count). The smallest absolute Gasteiger partial charge is 0.0941 e. The Labute approximate surface area is 99.3 Å². The summed E-state index contributed by atoms with van der Waals surface area (Å²) in [6.45, 7) is 9.56. The van der Waals surface area contributed by atoms with E-state index in [4.69, 9.17) is 4.74 Å². The first-order chi connectivity index (χ1) is 7.44. The van der Waals surface area contributed by atoms with Gasteiger partial charge in [-0.15, -0.1) is 0 Å². The van der Waals surface area contributed by atoms with E-state index < -0.39 is 0 Å². The number of hydrogen-bond donors (Lipinski definition) is 0. The first-order valence-electron chi connectivity index (χ1n) is 6.80. The average molecular weight is 220 g/mol. The Balaban J connectivity index is 2.02. The molecule has 1 aliphatic heterocycles. The Bertz CT molecular complexity index is 352. The molecular weight excluding hydrogens is 196 g/mol. The zero-order chi connectivity index (χ0) is 11.6. The molecule has 1 heteroatoms. The summed E-state index contributed by atoms with van der Waals surface area (Å²) in [6, 6.07) is 0. The molecule has 1 heterocycles. The van der Waals surface area contributed by atoms with Crippen molar-refractivity contribution in [2.45, 2.75) is 71.5 Å². The molecule has 2 fully saturated rings. The highest BCUT2D eigenvalue weighted by molar-refractivity contribution is 5.29. The van der Waals surface area contributed by atoms with Gasteiger partial charge in [-0.1, -0.05) is 25.0 Å². The van der Waals surface area contributed by atoms with Crippen molar-refractivity contribution in [2.24, 2.45) is 11.3 Å². The summed E-state index contributed by atoms with van der Waals surface area (Å²) in [4.78, 5) is 0. The van der Waals surface area contributed by atoms with Gasteiger partial charge in [0.15, 0.2) is 0 Å². The Kier molecular flexibility index (Phi) is 2.12. The molecule has 0 spiro atoms. The van der Waals surface area contributed by atoms with Crippen molar-refractivity contribution in [3.8, 4) is 0 Å². The molecule has 1 saturated carbocycles. The van der Waals surface area contributed by atoms with Crippen LogP contribution in [0.25, 0.3) is 0 Å². The summed E-state index contributed by atoms with van der Waals surface area (Å²) in [7, 11) is 0. The quantitative estimate of drug-likeness (QED) is 0.442. The number of epoxide rings is 1. The fraction of sp³-hybridized carbons (Fsp3) is 0.867. The molecule has 0 radical (unpaired) electrons. The van der Waals surface area contributed by atoms with E-state index in [-0.39, 0.29) is 5.60 Å². The van der Waals surface area contributed by atoms with Gasteiger partial charge in [-0.05, 0) is 51.4 Å². The third kappa shape index (κ3) is 1.40. The highest BCUT2D eigenvalue weighted by Crippen LogP contribution is 2.60. The van der Waals surface area contributed by atoms with E-state index in [1.54, 1.807) is 11.1 Å². The highest BCUT2D eigenvalue weighted by atomic mass is 16.6. The molecule has 0 aromatic carbocycles. The van der Waals surface area contributed by atoms with Crippen LogP contribution in [0.3, 0.4) is 0 Å². The van der Waals surface area contributed by atoms with Crippen molar-refractivity contribution in [2.75, 3.05) is 0 Å². The van der Waals surface area contributed by atoms with Crippen molar-refractivity contribution in [3.05, 3.63) is 11.1 Å². The monoisotopic (exact) mass is 220 g/mol. The van der Waals surface area contributed by atoms with Crippen LogP contribution in [0, 0.1) is 11.3 Å². The Morgan fingerprint density at radius 2 is 1.88 bits per heavy atom. The Morgan fingerprint density at radius 3 is 2.62 bits per heavy atom. The summed E-state index contributed by atoms with van der Waals surface area (Å²) in [6.07, 6.45) is 7.10. The first-order valence-corrected chi connectivity index (χ1v) is 6.80. The van der Waals surface area contributed by atoms with Crippen LogP contribution >= 0.6 is 0 Å². The van der Waals surface area contributed by atoms with Gasteiger partial charge in [-0.25, -0.2) is 0 Å². The number of hydrogen-bond acceptors (Lipinski definition) is 1. The molecule has 0 bridgehead atoms. The van der Waals surface area contributed by atoms with E-state index in [0.717, 1.165) is 0 Å². The normalized spacial score (nSPS) is 45.8. The maximum atomic E-state index is 6.04. The largest absolute Gasteiger partial charge is 0.366 e. The second-order valence-corrected chi connectivity index (χ2v) is 6.98. The molecule has 1 saturated heterocycles. The zero-order valence-electron chi connectivity index (χ0n) is 11.1. The van der Waals surface area contributed by atoms with Crippen LogP contribution < -0.4 is 0 Å². The molecule has 1 nitrogen and oxygen atoms in total. The third-order valence-corrected chi connectivity index (χ3v) is 5.27. The molecule has 90 valence electrons. The molecule has 0 aromatic heterocycles. The van der Waals surface area contributed by atoms with E-state index in [9.17, 15) is 0 Å². The highest BCUT2D eigenvalue weighted by Gasteiger charge is 2.62. The molecular formula is C15H24O. The predicted octanol–water partition coefficient (Wildman–Crippen LogP) is 4.08. The van der Waals surface area contributed by atoms with Crippen molar-refractivity contribution in [1.29, 1.82) is 0 Å². The lowest BCUT2D eigenvalue weighted by Crippen LogP contribution is -2.36. The van der Waals surface area contributed by atoms with Gasteiger partial charge < -0.3 is 4.74 Å². The van der Waals surface area contributed by atoms with Gasteiger partial charge in [0, 0.05) is 5.92 Å². The van der Waals surface area contributed by atoms with E-state index in [1.165, 1.54) is 32.1 Å². The van der Waals surface area contributed by atoms with E-state index in [2.05, 4.69) is 27.7 Å². The van der Waals surface area contributed by atoms with Gasteiger partial charge in [-0.2, -0.15) is 0 Å². The van der Waals surface area contributed by atoms with Crippen LogP contribution in [0.1, 0.15) is 59.8 Å². The van der Waals surface area contributed by atoms with Crippen LogP contribution in [-0.2, 0) is 4.74 Å². The molecule has 3 unspecified atom stereocenters. The fourth-order valence-electron chi connectivity index (χ4n) is 4.08. The Hall–Kier alpha value is -0.300. The molecule has 0 amide bonds. The lowest BCUT2D eigenvalue weighted by Gasteiger charge is -2.37. The number of rotatable bonds is 0. The van der Waals surface area contributed by atoms with Crippen LogP contribution in [0.2, 0.25) is 0 Å². The number of allylic oxidation sites excluding steroid dienone is 1. The van der Waals surface area contributed by atoms with E-state index in [1.807, 2.05) is 0 Å². The van der Waals surface area contributed by atoms with Crippen LogP contribution in [0.15, 0.2) is 11.1 Å². The molecule has 0 N–H and O–H groups in total. The van der Waals surface area contributed by atoms with Crippen LogP contribution in [0.5, 0.6) is 0 Å². The van der Waals surface area contributed by atoms with Gasteiger partial charge in [0.25, 0.3) is 0 Å². The van der Waals surface area contributed by atoms with Crippen molar-refractivity contribution in [1.82, 2.24) is 0 Å². The van der Waals surface area contributed by atoms with Crippen molar-refractivity contribution >= 4 is 0 Å². The number of ether oxygens (including phenoxy) is 1. The topological polar surface area (TPSA) is 12.5 Å². The first kappa shape index (κ1) is 10.8. The van der Waals surface area contributed by atoms with Crippen LogP contribution in [0.4, 0.5) is 0 Å². The van der Waals surface area contributed by atoms with E-state index in [0.29, 0.717) is 17.4 Å². The standard InChI is InChI=1S/C15H24O/c1-10-6-5-8-14(2,3)12-11(10)7-9-15(4)13(12)16-15/h12-13H,5-9H2,1-4H3. The second kappa shape index (κ2) is 3.13. The third-order valence-electron chi connectivity index (χ3n) is 5.27. The lowest BCUT2D eigenvalue weighted by atomic mass is 9.65. The van der Waals surface area contributed by atoms with Crippen LogP contribution in [-0.4, -0.2) is 11.7 Å². The second-order valence-electron chi connectivity index (χ2n) is 6.98. The van der Waals surface area contributed by atoms with Gasteiger partial charge in [0.05, 0.1) is 11.7 Å². The zero-order valence-corrected chi connectivity index (χ0v) is 11.1. The molecule has 3 aliphatic rings. The van der Waals surface area contributed by atoms with Gasteiger partial charge >= 0.3 is 0 Å². The summed E-state index contributed by atoms with van der Waals surface area (Å²) >= 11 is 0. The maximum Gasteiger partial charge on any atom is 0.0941 e. The van der Waals surface area contributed by atoms with Crippen molar-refractivity contribution in [3.63, 3.8) is 0 Å². The molecule has 2 aliphatic carbocycles. The summed E-state index contributed by atoms with van der Waals surface area (Å²) in [5.41, 5.74) is 4.10. The van der Waals surface area contributed by atoms with Gasteiger partial charge in [0.1, 0.15) is 0 Å². The SMILES string of the molecule is CC1=C2CCC3(C)OC3C2C(C)(C)CCC1. The summed E-state index contributed by atoms with van der Waals surface area (Å²) in [5, 5.41) is 0. The number of fused-ring (bicyclic) bond motifs is 3. The summed E-state index contributed by atoms with van der Waals surface area (Å²) < 4.78 is 6.04. The van der Waals surface area contributed by atoms with Gasteiger partial charge in [0.2, 0.25) is 0 Å². The minimum atomic E-state index is 0.232. The Morgan fingerprint density at radius 1 is 1.12 bits per heavy atom. The molecule has 16 heavy (non-hydrogen) atoms. The predicted molar refractivity (Wildman–Crippen MR) is 66.3 cm³/mol. The maximum absolute atomic E-state index is 6.04. The molecule has 0 aromatic rings.